The molecule has 1 fully saturated rings. The first-order valence-corrected chi connectivity index (χ1v) is 9.57. The lowest BCUT2D eigenvalue weighted by Gasteiger charge is -2.43. The number of likely N-dealkylation sites (tertiary alicyclic amines) is 1. The van der Waals surface area contributed by atoms with E-state index in [1.165, 1.54) is 6.07 Å². The van der Waals surface area contributed by atoms with Gasteiger partial charge in [0.2, 0.25) is 0 Å². The number of nitrogens with zero attached hydrogens (tertiary/aromatic N) is 1. The van der Waals surface area contributed by atoms with Gasteiger partial charge in [-0.1, -0.05) is 30.3 Å². The molecule has 2 aromatic rings. The maximum absolute atomic E-state index is 13.2. The van der Waals surface area contributed by atoms with E-state index in [0.717, 1.165) is 11.6 Å². The first-order valence-electron chi connectivity index (χ1n) is 9.57. The molecule has 4 nitrogen and oxygen atoms in total. The molecule has 3 rings (SSSR count). The molecule has 0 aromatic heterocycles. The van der Waals surface area contributed by atoms with E-state index in [2.05, 4.69) is 0 Å². The lowest BCUT2D eigenvalue weighted by atomic mass is 9.93. The van der Waals surface area contributed by atoms with Crippen LogP contribution in [0.25, 0.3) is 0 Å². The van der Waals surface area contributed by atoms with Gasteiger partial charge in [0.1, 0.15) is 5.75 Å². The van der Waals surface area contributed by atoms with Crippen molar-refractivity contribution in [3.63, 3.8) is 0 Å². The van der Waals surface area contributed by atoms with Gasteiger partial charge in [-0.25, -0.2) is 0 Å². The number of alkyl halides is 3. The van der Waals surface area contributed by atoms with Crippen molar-refractivity contribution in [2.45, 2.75) is 32.0 Å². The van der Waals surface area contributed by atoms with Crippen LogP contribution in [0, 0.1) is 5.92 Å². The van der Waals surface area contributed by atoms with Crippen LogP contribution in [-0.4, -0.2) is 35.7 Å². The molecule has 2 aromatic carbocycles. The van der Waals surface area contributed by atoms with Gasteiger partial charge in [-0.3, -0.25) is 9.69 Å². The standard InChI is InChI=1S/C22H24F3NO3/c1-15(19-7-2-3-8-20(19)22(23,24)25)26-12-17(13-26)14-29-18-6-4-5-16(11-18)9-10-21(27)28/h2-8,11,15,17H,9-10,12-14H2,1H3,(H,27,28). The van der Waals surface area contributed by atoms with E-state index in [1.54, 1.807) is 19.1 Å². The summed E-state index contributed by atoms with van der Waals surface area (Å²) >= 11 is 0. The van der Waals surface area contributed by atoms with Gasteiger partial charge in [0.05, 0.1) is 12.2 Å². The number of aryl methyl sites for hydroxylation is 1. The van der Waals surface area contributed by atoms with Gasteiger partial charge in [0, 0.05) is 31.5 Å². The van der Waals surface area contributed by atoms with Gasteiger partial charge in [-0.15, -0.1) is 0 Å². The molecule has 1 N–H and O–H groups in total. The smallest absolute Gasteiger partial charge is 0.416 e. The molecule has 1 aliphatic rings. The van der Waals surface area contributed by atoms with Crippen molar-refractivity contribution in [1.29, 1.82) is 0 Å². The molecular weight excluding hydrogens is 383 g/mol. The highest BCUT2D eigenvalue weighted by Gasteiger charge is 2.38. The van der Waals surface area contributed by atoms with Crippen molar-refractivity contribution < 1.29 is 27.8 Å². The summed E-state index contributed by atoms with van der Waals surface area (Å²) in [4.78, 5) is 12.7. The van der Waals surface area contributed by atoms with Crippen molar-refractivity contribution in [3.8, 4) is 5.75 Å². The first kappa shape index (κ1) is 21.2. The number of carboxylic acids is 1. The van der Waals surface area contributed by atoms with Crippen molar-refractivity contribution in [2.24, 2.45) is 5.92 Å². The van der Waals surface area contributed by atoms with Gasteiger partial charge in [-0.05, 0) is 42.7 Å². The minimum atomic E-state index is -4.36. The van der Waals surface area contributed by atoms with Crippen LogP contribution in [0.4, 0.5) is 13.2 Å². The Morgan fingerprint density at radius 2 is 1.93 bits per heavy atom. The number of carbonyl (C=O) groups is 1. The molecule has 7 heteroatoms. The van der Waals surface area contributed by atoms with Crippen molar-refractivity contribution >= 4 is 5.97 Å². The molecule has 1 unspecified atom stereocenters. The van der Waals surface area contributed by atoms with Crippen molar-refractivity contribution in [2.75, 3.05) is 19.7 Å². The Bertz CT molecular complexity index is 847. The zero-order chi connectivity index (χ0) is 21.0. The molecule has 1 aliphatic heterocycles. The van der Waals surface area contributed by atoms with E-state index in [0.29, 0.717) is 37.4 Å². The fourth-order valence-electron chi connectivity index (χ4n) is 3.60. The summed E-state index contributed by atoms with van der Waals surface area (Å²) in [5.41, 5.74) is 0.619. The number of hydrogen-bond donors (Lipinski definition) is 1. The average Bonchev–Trinajstić information content (AvgIpc) is 2.64. The zero-order valence-electron chi connectivity index (χ0n) is 16.2. The summed E-state index contributed by atoms with van der Waals surface area (Å²) in [6.45, 7) is 3.62. The molecule has 0 spiro atoms. The van der Waals surface area contributed by atoms with E-state index in [-0.39, 0.29) is 18.4 Å². The van der Waals surface area contributed by atoms with Crippen LogP contribution in [0.1, 0.15) is 36.1 Å². The average molecular weight is 407 g/mol. The molecule has 0 amide bonds. The largest absolute Gasteiger partial charge is 0.493 e. The van der Waals surface area contributed by atoms with E-state index in [1.807, 2.05) is 29.2 Å². The molecule has 1 atom stereocenters. The lowest BCUT2D eigenvalue weighted by Crippen LogP contribution is -2.50. The molecule has 0 bridgehead atoms. The number of rotatable bonds is 8. The minimum absolute atomic E-state index is 0.0678. The second-order valence-electron chi connectivity index (χ2n) is 7.43. The van der Waals surface area contributed by atoms with Gasteiger partial charge >= 0.3 is 12.1 Å². The number of ether oxygens (including phenoxy) is 1. The van der Waals surface area contributed by atoms with E-state index < -0.39 is 17.7 Å². The van der Waals surface area contributed by atoms with Gasteiger partial charge in [0.25, 0.3) is 0 Å². The van der Waals surface area contributed by atoms with Crippen molar-refractivity contribution in [3.05, 3.63) is 65.2 Å². The summed E-state index contributed by atoms with van der Waals surface area (Å²) < 4.78 is 45.5. The maximum Gasteiger partial charge on any atom is 0.416 e. The Morgan fingerprint density at radius 3 is 2.62 bits per heavy atom. The Hall–Kier alpha value is -2.54. The van der Waals surface area contributed by atoms with E-state index >= 15 is 0 Å². The maximum atomic E-state index is 13.2. The molecule has 1 saturated heterocycles. The van der Waals surface area contributed by atoms with Crippen LogP contribution in [-0.2, 0) is 17.4 Å². The fraction of sp³-hybridized carbons (Fsp3) is 0.409. The second kappa shape index (κ2) is 8.86. The molecule has 1 heterocycles. The summed E-state index contributed by atoms with van der Waals surface area (Å²) in [6.07, 6.45) is -3.85. The minimum Gasteiger partial charge on any atom is -0.493 e. The van der Waals surface area contributed by atoms with Crippen LogP contribution < -0.4 is 4.74 Å². The Morgan fingerprint density at radius 1 is 1.21 bits per heavy atom. The monoisotopic (exact) mass is 407 g/mol. The third kappa shape index (κ3) is 5.50. The van der Waals surface area contributed by atoms with Crippen LogP contribution in [0.5, 0.6) is 5.75 Å². The molecule has 0 aliphatic carbocycles. The molecule has 29 heavy (non-hydrogen) atoms. The third-order valence-corrected chi connectivity index (χ3v) is 5.26. The predicted molar refractivity (Wildman–Crippen MR) is 103 cm³/mol. The normalized spacial score (nSPS) is 16.3. The number of aliphatic carboxylic acids is 1. The van der Waals surface area contributed by atoms with Crippen LogP contribution in [0.3, 0.4) is 0 Å². The van der Waals surface area contributed by atoms with Crippen LogP contribution in [0.2, 0.25) is 0 Å². The van der Waals surface area contributed by atoms with E-state index in [4.69, 9.17) is 9.84 Å². The summed E-state index contributed by atoms with van der Waals surface area (Å²) in [5.74, 6) is 0.0899. The molecule has 0 radical (unpaired) electrons. The SMILES string of the molecule is CC(c1ccccc1C(F)(F)F)N1CC(COc2cccc(CCC(=O)O)c2)C1. The molecule has 0 saturated carbocycles. The van der Waals surface area contributed by atoms with Crippen LogP contribution in [0.15, 0.2) is 48.5 Å². The van der Waals surface area contributed by atoms with Crippen LogP contribution >= 0.6 is 0 Å². The fourth-order valence-corrected chi connectivity index (χ4v) is 3.60. The summed E-state index contributed by atoms with van der Waals surface area (Å²) in [6, 6.07) is 12.8. The highest BCUT2D eigenvalue weighted by atomic mass is 19.4. The van der Waals surface area contributed by atoms with Gasteiger partial charge in [0.15, 0.2) is 0 Å². The third-order valence-electron chi connectivity index (χ3n) is 5.26. The number of hydrogen-bond acceptors (Lipinski definition) is 3. The quantitative estimate of drug-likeness (QED) is 0.683. The highest BCUT2D eigenvalue weighted by Crippen LogP contribution is 2.38. The van der Waals surface area contributed by atoms with Gasteiger partial charge < -0.3 is 9.84 Å². The number of benzene rings is 2. The van der Waals surface area contributed by atoms with E-state index in [9.17, 15) is 18.0 Å². The summed E-state index contributed by atoms with van der Waals surface area (Å²) in [7, 11) is 0. The topological polar surface area (TPSA) is 49.8 Å². The van der Waals surface area contributed by atoms with Gasteiger partial charge in [-0.2, -0.15) is 13.2 Å². The predicted octanol–water partition coefficient (Wildman–Crippen LogP) is 4.79. The second-order valence-corrected chi connectivity index (χ2v) is 7.43. The zero-order valence-corrected chi connectivity index (χ0v) is 16.2. The Balaban J connectivity index is 1.51. The summed E-state index contributed by atoms with van der Waals surface area (Å²) in [5, 5.41) is 8.78. The highest BCUT2D eigenvalue weighted by molar-refractivity contribution is 5.67. The number of halogens is 3. The molecule has 156 valence electrons. The first-order chi connectivity index (χ1) is 13.7. The molecular formula is C22H24F3NO3. The lowest BCUT2D eigenvalue weighted by molar-refractivity contribution is -0.139. The Kier molecular flexibility index (Phi) is 6.47. The number of carboxylic acid groups (broad SMARTS) is 1. The van der Waals surface area contributed by atoms with Crippen molar-refractivity contribution in [1.82, 2.24) is 4.90 Å². The Labute approximate surface area is 167 Å².